The molecule has 0 aromatic heterocycles. The molecule has 0 aromatic carbocycles. The quantitative estimate of drug-likeness (QED) is 0.399. The summed E-state index contributed by atoms with van der Waals surface area (Å²) in [5, 5.41) is 2.92. The van der Waals surface area contributed by atoms with E-state index in [0.29, 0.717) is 26.4 Å². The van der Waals surface area contributed by atoms with Gasteiger partial charge in [-0.05, 0) is 18.3 Å². The van der Waals surface area contributed by atoms with E-state index in [9.17, 15) is 9.59 Å². The van der Waals surface area contributed by atoms with Crippen LogP contribution in [-0.2, 0) is 33.3 Å². The van der Waals surface area contributed by atoms with E-state index in [1.807, 2.05) is 13.8 Å². The van der Waals surface area contributed by atoms with Gasteiger partial charge in [0.25, 0.3) is 0 Å². The minimum Gasteiger partial charge on any atom is -0.463 e. The molecular weight excluding hydrogens is 354 g/mol. The van der Waals surface area contributed by atoms with Crippen LogP contribution in [0.25, 0.3) is 0 Å². The topological polar surface area (TPSA) is 92.3 Å². The second-order valence-electron chi connectivity index (χ2n) is 6.89. The maximum Gasteiger partial charge on any atom is 0.302 e. The summed E-state index contributed by atoms with van der Waals surface area (Å²) in [6.07, 6.45) is 0.0699. The van der Waals surface area contributed by atoms with E-state index in [0.717, 1.165) is 13.0 Å². The molecule has 8 heteroatoms. The first kappa shape index (κ1) is 23.8. The molecule has 27 heavy (non-hydrogen) atoms. The van der Waals surface area contributed by atoms with E-state index in [1.165, 1.54) is 13.8 Å². The van der Waals surface area contributed by atoms with E-state index in [1.54, 1.807) is 0 Å². The van der Waals surface area contributed by atoms with Crippen LogP contribution in [0.2, 0.25) is 0 Å². The standard InChI is InChI=1S/C19H35NO7/c1-6-7-23-8-9-24-10-11-25-19-18(20-15(4)21)14(3)13(2)17(27-19)12-26-16(5)22/h13-14,17-19H,6-12H2,1-5H3,(H,20,21)/t13-,14+,17?,18?,19-/m1/s1. The van der Waals surface area contributed by atoms with Crippen LogP contribution in [0, 0.1) is 11.8 Å². The second-order valence-corrected chi connectivity index (χ2v) is 6.89. The molecule has 1 amide bonds. The summed E-state index contributed by atoms with van der Waals surface area (Å²) in [6, 6.07) is -0.279. The highest BCUT2D eigenvalue weighted by molar-refractivity contribution is 5.73. The van der Waals surface area contributed by atoms with E-state index in [2.05, 4.69) is 12.2 Å². The number of rotatable bonds is 12. The van der Waals surface area contributed by atoms with Gasteiger partial charge in [-0.3, -0.25) is 9.59 Å². The maximum absolute atomic E-state index is 11.6. The fourth-order valence-corrected chi connectivity index (χ4v) is 2.95. The maximum atomic E-state index is 11.6. The lowest BCUT2D eigenvalue weighted by Crippen LogP contribution is -2.58. The van der Waals surface area contributed by atoms with Gasteiger partial charge in [-0.15, -0.1) is 0 Å². The van der Waals surface area contributed by atoms with Crippen molar-refractivity contribution in [2.24, 2.45) is 11.8 Å². The number of hydrogen-bond donors (Lipinski definition) is 1. The van der Waals surface area contributed by atoms with E-state index in [-0.39, 0.29) is 42.5 Å². The first-order chi connectivity index (χ1) is 12.9. The van der Waals surface area contributed by atoms with Gasteiger partial charge in [0.15, 0.2) is 6.29 Å². The van der Waals surface area contributed by atoms with Crippen LogP contribution in [0.15, 0.2) is 0 Å². The van der Waals surface area contributed by atoms with E-state index < -0.39 is 6.29 Å². The van der Waals surface area contributed by atoms with Gasteiger partial charge in [-0.2, -0.15) is 0 Å². The molecule has 0 saturated carbocycles. The Morgan fingerprint density at radius 3 is 2.19 bits per heavy atom. The molecule has 0 bridgehead atoms. The third-order valence-corrected chi connectivity index (χ3v) is 4.64. The van der Waals surface area contributed by atoms with Gasteiger partial charge in [0.1, 0.15) is 6.61 Å². The lowest BCUT2D eigenvalue weighted by Gasteiger charge is -2.44. The molecule has 1 rings (SSSR count). The monoisotopic (exact) mass is 389 g/mol. The number of hydrogen-bond acceptors (Lipinski definition) is 7. The van der Waals surface area contributed by atoms with Gasteiger partial charge < -0.3 is 29.0 Å². The smallest absolute Gasteiger partial charge is 0.302 e. The lowest BCUT2D eigenvalue weighted by atomic mass is 9.82. The summed E-state index contributed by atoms with van der Waals surface area (Å²) in [5.74, 6) is -0.304. The highest BCUT2D eigenvalue weighted by Gasteiger charge is 2.42. The van der Waals surface area contributed by atoms with Gasteiger partial charge in [-0.1, -0.05) is 20.8 Å². The zero-order chi connectivity index (χ0) is 20.2. The van der Waals surface area contributed by atoms with Crippen LogP contribution in [0.3, 0.4) is 0 Å². The molecule has 0 radical (unpaired) electrons. The molecule has 0 aromatic rings. The van der Waals surface area contributed by atoms with Crippen LogP contribution in [0.5, 0.6) is 0 Å². The average Bonchev–Trinajstić information content (AvgIpc) is 2.61. The summed E-state index contributed by atoms with van der Waals surface area (Å²) >= 11 is 0. The van der Waals surface area contributed by atoms with E-state index in [4.69, 9.17) is 23.7 Å². The number of esters is 1. The summed E-state index contributed by atoms with van der Waals surface area (Å²) in [5.41, 5.74) is 0. The number of carbonyl (C=O) groups excluding carboxylic acids is 2. The first-order valence-corrected chi connectivity index (χ1v) is 9.69. The van der Waals surface area contributed by atoms with Crippen LogP contribution < -0.4 is 5.32 Å². The number of amides is 1. The van der Waals surface area contributed by atoms with Crippen molar-refractivity contribution in [1.82, 2.24) is 5.32 Å². The highest BCUT2D eigenvalue weighted by Crippen LogP contribution is 2.31. The number of nitrogens with one attached hydrogen (secondary N) is 1. The van der Waals surface area contributed by atoms with Crippen molar-refractivity contribution < 1.29 is 33.3 Å². The first-order valence-electron chi connectivity index (χ1n) is 9.69. The van der Waals surface area contributed by atoms with Gasteiger partial charge in [0.05, 0.1) is 38.6 Å². The van der Waals surface area contributed by atoms with Crippen LogP contribution in [-0.4, -0.2) is 70.0 Å². The Balaban J connectivity index is 2.51. The fraction of sp³-hybridized carbons (Fsp3) is 0.895. The number of carbonyl (C=O) groups is 2. The van der Waals surface area contributed by atoms with Crippen molar-refractivity contribution in [1.29, 1.82) is 0 Å². The molecule has 1 N–H and O–H groups in total. The number of ether oxygens (including phenoxy) is 5. The predicted molar refractivity (Wildman–Crippen MR) is 99.1 cm³/mol. The molecular formula is C19H35NO7. The predicted octanol–water partition coefficient (Wildman–Crippen LogP) is 1.51. The Kier molecular flexibility index (Phi) is 11.5. The highest BCUT2D eigenvalue weighted by atomic mass is 16.7. The minimum atomic E-state index is -0.624. The Bertz CT molecular complexity index is 444. The van der Waals surface area contributed by atoms with Gasteiger partial charge >= 0.3 is 5.97 Å². The molecule has 5 atom stereocenters. The van der Waals surface area contributed by atoms with Crippen molar-refractivity contribution >= 4 is 11.9 Å². The summed E-state index contributed by atoms with van der Waals surface area (Å²) in [4.78, 5) is 22.7. The molecule has 2 unspecified atom stereocenters. The van der Waals surface area contributed by atoms with Crippen molar-refractivity contribution in [2.45, 2.75) is 59.5 Å². The molecule has 1 saturated heterocycles. The van der Waals surface area contributed by atoms with Crippen molar-refractivity contribution in [3.8, 4) is 0 Å². The van der Waals surface area contributed by atoms with E-state index >= 15 is 0 Å². The Morgan fingerprint density at radius 1 is 0.963 bits per heavy atom. The molecule has 0 aliphatic carbocycles. The molecule has 158 valence electrons. The molecule has 1 fully saturated rings. The summed E-state index contributed by atoms with van der Waals surface area (Å²) in [7, 11) is 0. The largest absolute Gasteiger partial charge is 0.463 e. The zero-order valence-corrected chi connectivity index (χ0v) is 17.2. The SMILES string of the molecule is CCCOCCOCCO[C@@H]1OC(COC(C)=O)[C@H](C)[C@H](C)C1NC(C)=O. The normalized spacial score (nSPS) is 28.0. The molecule has 1 aliphatic heterocycles. The average molecular weight is 389 g/mol. The molecule has 1 heterocycles. The van der Waals surface area contributed by atoms with Crippen molar-refractivity contribution in [3.05, 3.63) is 0 Å². The van der Waals surface area contributed by atoms with Gasteiger partial charge in [-0.25, -0.2) is 0 Å². The molecule has 0 spiro atoms. The Hall–Kier alpha value is -1.22. The van der Waals surface area contributed by atoms with Crippen LogP contribution >= 0.6 is 0 Å². The zero-order valence-electron chi connectivity index (χ0n) is 17.2. The lowest BCUT2D eigenvalue weighted by molar-refractivity contribution is -0.247. The van der Waals surface area contributed by atoms with Crippen molar-refractivity contribution in [2.75, 3.05) is 39.6 Å². The van der Waals surface area contributed by atoms with Crippen LogP contribution in [0.1, 0.15) is 41.0 Å². The molecule has 1 aliphatic rings. The fourth-order valence-electron chi connectivity index (χ4n) is 2.95. The minimum absolute atomic E-state index is 0.0908. The Labute approximate surface area is 162 Å². The summed E-state index contributed by atoms with van der Waals surface area (Å²) in [6.45, 7) is 11.6. The second kappa shape index (κ2) is 13.0. The third kappa shape index (κ3) is 9.01. The summed E-state index contributed by atoms with van der Waals surface area (Å²) < 4.78 is 27.8. The van der Waals surface area contributed by atoms with Crippen molar-refractivity contribution in [3.63, 3.8) is 0 Å². The molecule has 8 nitrogen and oxygen atoms in total. The van der Waals surface area contributed by atoms with Gasteiger partial charge in [0.2, 0.25) is 5.91 Å². The third-order valence-electron chi connectivity index (χ3n) is 4.64. The van der Waals surface area contributed by atoms with Crippen LogP contribution in [0.4, 0.5) is 0 Å². The Morgan fingerprint density at radius 2 is 1.59 bits per heavy atom. The van der Waals surface area contributed by atoms with Gasteiger partial charge in [0, 0.05) is 20.5 Å².